The van der Waals surface area contributed by atoms with Crippen molar-refractivity contribution in [2.75, 3.05) is 0 Å². The highest BCUT2D eigenvalue weighted by Crippen LogP contribution is 2.35. The summed E-state index contributed by atoms with van der Waals surface area (Å²) in [6, 6.07) is 4.05. The zero-order chi connectivity index (χ0) is 21.2. The van der Waals surface area contributed by atoms with Gasteiger partial charge in [-0.3, -0.25) is 4.98 Å². The molecule has 0 unspecified atom stereocenters. The number of rotatable bonds is 1. The van der Waals surface area contributed by atoms with Crippen LogP contribution in [0.3, 0.4) is 0 Å². The molecule has 2 heteroatoms. The van der Waals surface area contributed by atoms with Crippen molar-refractivity contribution in [2.45, 2.75) is 6.85 Å². The van der Waals surface area contributed by atoms with E-state index in [4.69, 9.17) is 16.8 Å². The maximum absolute atomic E-state index is 8.38. The molecule has 0 bridgehead atoms. The van der Waals surface area contributed by atoms with Crippen molar-refractivity contribution in [1.29, 1.82) is 0 Å². The summed E-state index contributed by atoms with van der Waals surface area (Å²) in [6.07, 6.45) is -0.199. The van der Waals surface area contributed by atoms with Gasteiger partial charge in [-0.25, -0.2) is 0 Å². The number of hydrogen-bond acceptors (Lipinski definition) is 2. The van der Waals surface area contributed by atoms with E-state index in [0.29, 0.717) is 5.39 Å². The summed E-state index contributed by atoms with van der Waals surface area (Å²) in [4.78, 5) is 4.02. The lowest BCUT2D eigenvalue weighted by Crippen LogP contribution is -1.81. The fourth-order valence-corrected chi connectivity index (χ4v) is 2.18. The largest absolute Gasteiger partial charge is 0.455 e. The van der Waals surface area contributed by atoms with Crippen molar-refractivity contribution < 1.29 is 16.8 Å². The van der Waals surface area contributed by atoms with E-state index >= 15 is 0 Å². The van der Waals surface area contributed by atoms with Crippen LogP contribution in [0, 0.1) is 6.85 Å². The van der Waals surface area contributed by atoms with E-state index in [1.165, 1.54) is 0 Å². The van der Waals surface area contributed by atoms with E-state index in [1.807, 2.05) is 0 Å². The SMILES string of the molecule is [2H]c1cc([2H])c([2H])c(-c2cccc3c2oc2c([2H])c([2H])c(C([2H])([2H])[2H])c([2H])c23)n1. The predicted molar refractivity (Wildman–Crippen MR) is 81.7 cm³/mol. The first kappa shape index (κ1) is 5.41. The Labute approximate surface area is 129 Å². The van der Waals surface area contributed by atoms with Crippen molar-refractivity contribution in [3.63, 3.8) is 0 Å². The fourth-order valence-electron chi connectivity index (χ4n) is 2.18. The van der Waals surface area contributed by atoms with Crippen LogP contribution in [0.2, 0.25) is 0 Å². The first-order valence-electron chi connectivity index (χ1n) is 10.4. The summed E-state index contributed by atoms with van der Waals surface area (Å²) >= 11 is 0. The third-order valence-corrected chi connectivity index (χ3v) is 3.03. The average Bonchev–Trinajstić information content (AvgIpc) is 3.02. The number of fused-ring (bicyclic) bond motifs is 3. The summed E-state index contributed by atoms with van der Waals surface area (Å²) in [6.45, 7) is -2.74. The molecule has 0 fully saturated rings. The molecule has 0 saturated carbocycles. The second-order valence-electron chi connectivity index (χ2n) is 4.24. The van der Waals surface area contributed by atoms with E-state index in [-0.39, 0.29) is 46.1 Å². The minimum Gasteiger partial charge on any atom is -0.455 e. The van der Waals surface area contributed by atoms with Gasteiger partial charge in [0.05, 0.1) is 13.9 Å². The normalized spacial score (nSPS) is 18.3. The van der Waals surface area contributed by atoms with Gasteiger partial charge in [0.2, 0.25) is 0 Å². The minimum absolute atomic E-state index is 0.0346. The number of nitrogens with zero attached hydrogens (tertiary/aromatic N) is 1. The van der Waals surface area contributed by atoms with Gasteiger partial charge in [0.25, 0.3) is 0 Å². The van der Waals surface area contributed by atoms with Gasteiger partial charge in [-0.15, -0.1) is 0 Å². The van der Waals surface area contributed by atoms with Crippen molar-refractivity contribution in [3.05, 3.63) is 66.2 Å². The van der Waals surface area contributed by atoms with Gasteiger partial charge in [-0.1, -0.05) is 29.8 Å². The molecule has 4 aromatic rings. The van der Waals surface area contributed by atoms with E-state index < -0.39 is 30.5 Å². The Kier molecular flexibility index (Phi) is 1.14. The highest BCUT2D eigenvalue weighted by Gasteiger charge is 2.12. The van der Waals surface area contributed by atoms with Gasteiger partial charge >= 0.3 is 0 Å². The second kappa shape index (κ2) is 4.20. The number of para-hydroxylation sites is 1. The monoisotopic (exact) mass is 268 g/mol. The van der Waals surface area contributed by atoms with Crippen LogP contribution in [-0.2, 0) is 0 Å². The number of pyridine rings is 1. The van der Waals surface area contributed by atoms with Crippen LogP contribution in [0.25, 0.3) is 33.2 Å². The Balaban J connectivity index is 2.18. The lowest BCUT2D eigenvalue weighted by Gasteiger charge is -2.00. The van der Waals surface area contributed by atoms with Crippen molar-refractivity contribution in [3.8, 4) is 11.3 Å². The van der Waals surface area contributed by atoms with Crippen molar-refractivity contribution in [2.24, 2.45) is 0 Å². The highest BCUT2D eigenvalue weighted by molar-refractivity contribution is 6.09. The maximum atomic E-state index is 8.38. The predicted octanol–water partition coefficient (Wildman–Crippen LogP) is 4.96. The van der Waals surface area contributed by atoms with Crippen molar-refractivity contribution in [1.82, 2.24) is 4.98 Å². The Morgan fingerprint density at radius 1 is 1.15 bits per heavy atom. The van der Waals surface area contributed by atoms with Gasteiger partial charge in [0.15, 0.2) is 0 Å². The molecule has 0 atom stereocenters. The average molecular weight is 268 g/mol. The van der Waals surface area contributed by atoms with Crippen LogP contribution >= 0.6 is 0 Å². The van der Waals surface area contributed by atoms with E-state index in [9.17, 15) is 0 Å². The zero-order valence-corrected chi connectivity index (χ0v) is 10.2. The standard InChI is InChI=1S/C18H13NO/c1-12-8-9-17-15(11-12)13-5-4-6-14(18(13)20-17)16-7-2-3-10-19-16/h2-11H,1H3/i1D3,2D,7D,8D,9D,10D,11D. The fraction of sp³-hybridized carbons (Fsp3) is 0.0556. The van der Waals surface area contributed by atoms with Crippen molar-refractivity contribution >= 4 is 21.9 Å². The first-order valence-corrected chi connectivity index (χ1v) is 5.93. The number of furan rings is 1. The number of benzene rings is 2. The van der Waals surface area contributed by atoms with Crippen LogP contribution in [0.4, 0.5) is 0 Å². The molecule has 0 N–H and O–H groups in total. The minimum atomic E-state index is -2.74. The van der Waals surface area contributed by atoms with Gasteiger partial charge in [-0.2, -0.15) is 0 Å². The quantitative estimate of drug-likeness (QED) is 0.488. The molecule has 2 nitrogen and oxygen atoms in total. The lowest BCUT2D eigenvalue weighted by atomic mass is 10.1. The first-order chi connectivity index (χ1) is 13.5. The maximum Gasteiger partial charge on any atom is 0.144 e. The van der Waals surface area contributed by atoms with E-state index in [2.05, 4.69) is 4.98 Å². The molecule has 0 radical (unpaired) electrons. The molecule has 20 heavy (non-hydrogen) atoms. The van der Waals surface area contributed by atoms with Crippen LogP contribution < -0.4 is 0 Å². The lowest BCUT2D eigenvalue weighted by molar-refractivity contribution is 0.669. The molecule has 0 saturated heterocycles. The van der Waals surface area contributed by atoms with Gasteiger partial charge < -0.3 is 4.42 Å². The molecular formula is C18H13NO. The summed E-state index contributed by atoms with van der Waals surface area (Å²) < 4.78 is 77.0. The molecular weight excluding hydrogens is 246 g/mol. The highest BCUT2D eigenvalue weighted by atomic mass is 16.3. The summed E-state index contributed by atoms with van der Waals surface area (Å²) in [5.41, 5.74) is -0.156. The van der Waals surface area contributed by atoms with Crippen LogP contribution in [0.15, 0.2) is 65.1 Å². The summed E-state index contributed by atoms with van der Waals surface area (Å²) in [5, 5.41) is 0.429. The Morgan fingerprint density at radius 3 is 3.10 bits per heavy atom. The van der Waals surface area contributed by atoms with E-state index in [0.717, 1.165) is 6.07 Å². The topological polar surface area (TPSA) is 26.0 Å². The van der Waals surface area contributed by atoms with Gasteiger partial charge in [0, 0.05) is 26.6 Å². The molecule has 0 aliphatic heterocycles. The molecule has 96 valence electrons. The molecule has 2 aromatic carbocycles. The van der Waals surface area contributed by atoms with Gasteiger partial charge in [-0.05, 0) is 37.1 Å². The molecule has 4 rings (SSSR count). The van der Waals surface area contributed by atoms with Crippen LogP contribution in [-0.4, -0.2) is 4.98 Å². The van der Waals surface area contributed by atoms with Crippen LogP contribution in [0.1, 0.15) is 17.9 Å². The van der Waals surface area contributed by atoms with Gasteiger partial charge in [0.1, 0.15) is 11.2 Å². The Morgan fingerprint density at radius 2 is 2.15 bits per heavy atom. The molecule has 2 heterocycles. The Hall–Kier alpha value is -2.61. The third kappa shape index (κ3) is 1.62. The molecule has 0 aliphatic rings. The number of aromatic nitrogens is 1. The van der Waals surface area contributed by atoms with Crippen LogP contribution in [0.5, 0.6) is 0 Å². The molecule has 0 aliphatic carbocycles. The number of hydrogen-bond donors (Lipinski definition) is 0. The molecule has 0 spiro atoms. The molecule has 0 amide bonds. The summed E-state index contributed by atoms with van der Waals surface area (Å²) in [5.74, 6) is 0. The second-order valence-corrected chi connectivity index (χ2v) is 4.24. The third-order valence-electron chi connectivity index (χ3n) is 3.03. The Bertz CT molecular complexity index is 1310. The molecule has 2 aromatic heterocycles. The zero-order valence-electron chi connectivity index (χ0n) is 19.2. The van der Waals surface area contributed by atoms with E-state index in [1.54, 1.807) is 18.2 Å². The smallest absolute Gasteiger partial charge is 0.144 e. The summed E-state index contributed by atoms with van der Waals surface area (Å²) in [7, 11) is 0.